The van der Waals surface area contributed by atoms with E-state index in [0.717, 1.165) is 0 Å². The number of benzene rings is 1. The third-order valence-electron chi connectivity index (χ3n) is 2.96. The summed E-state index contributed by atoms with van der Waals surface area (Å²) >= 11 is 11.8. The number of halogens is 2. The molecule has 2 N–H and O–H groups in total. The van der Waals surface area contributed by atoms with Crippen LogP contribution in [0.2, 0.25) is 10.0 Å². The van der Waals surface area contributed by atoms with Crippen LogP contribution in [0.15, 0.2) is 35.9 Å². The molecule has 1 heterocycles. The summed E-state index contributed by atoms with van der Waals surface area (Å²) in [4.78, 5) is 26.3. The van der Waals surface area contributed by atoms with Gasteiger partial charge in [0, 0.05) is 10.7 Å². The maximum Gasteiger partial charge on any atom is 0.354 e. The fourth-order valence-corrected chi connectivity index (χ4v) is 2.15. The van der Waals surface area contributed by atoms with Gasteiger partial charge in [-0.05, 0) is 36.4 Å². The highest BCUT2D eigenvalue weighted by Crippen LogP contribution is 2.25. The van der Waals surface area contributed by atoms with Crippen LogP contribution in [0.3, 0.4) is 0 Å². The van der Waals surface area contributed by atoms with E-state index in [4.69, 9.17) is 23.2 Å². The normalized spacial score (nSPS) is 10.8. The SMILES string of the molecule is COC(=O)c1ccc(C=C(C#N)C(=O)Nc2cc(Cl)ccc2Cl)[nH]1. The number of amides is 1. The number of aromatic nitrogens is 1. The molecule has 1 amide bonds. The summed E-state index contributed by atoms with van der Waals surface area (Å²) in [6.45, 7) is 0. The zero-order valence-electron chi connectivity index (χ0n) is 12.4. The van der Waals surface area contributed by atoms with Crippen LogP contribution < -0.4 is 5.32 Å². The van der Waals surface area contributed by atoms with Crippen molar-refractivity contribution in [2.24, 2.45) is 0 Å². The number of nitrogens with one attached hydrogen (secondary N) is 2. The highest BCUT2D eigenvalue weighted by molar-refractivity contribution is 6.36. The van der Waals surface area contributed by atoms with Crippen LogP contribution >= 0.6 is 23.2 Å². The van der Waals surface area contributed by atoms with Gasteiger partial charge in [0.2, 0.25) is 0 Å². The topological polar surface area (TPSA) is 95.0 Å². The number of esters is 1. The molecule has 0 unspecified atom stereocenters. The van der Waals surface area contributed by atoms with Gasteiger partial charge in [0.05, 0.1) is 17.8 Å². The molecule has 1 aromatic carbocycles. The molecular weight excluding hydrogens is 353 g/mol. The molecule has 8 heteroatoms. The number of H-pyrrole nitrogens is 1. The molecule has 0 aliphatic rings. The van der Waals surface area contributed by atoms with Gasteiger partial charge in [-0.1, -0.05) is 23.2 Å². The summed E-state index contributed by atoms with van der Waals surface area (Å²) in [5, 5.41) is 12.4. The number of ether oxygens (including phenoxy) is 1. The summed E-state index contributed by atoms with van der Waals surface area (Å²) in [5.74, 6) is -1.21. The molecular formula is C16H11Cl2N3O3. The first-order valence-electron chi connectivity index (χ1n) is 6.60. The highest BCUT2D eigenvalue weighted by atomic mass is 35.5. The second-order valence-electron chi connectivity index (χ2n) is 4.57. The van der Waals surface area contributed by atoms with Gasteiger partial charge in [-0.3, -0.25) is 4.79 Å². The van der Waals surface area contributed by atoms with Crippen LogP contribution in [0, 0.1) is 11.3 Å². The lowest BCUT2D eigenvalue weighted by molar-refractivity contribution is -0.112. The number of hydrogen-bond donors (Lipinski definition) is 2. The van der Waals surface area contributed by atoms with E-state index in [1.54, 1.807) is 18.2 Å². The fraction of sp³-hybridized carbons (Fsp3) is 0.0625. The Bertz CT molecular complexity index is 866. The Labute approximate surface area is 147 Å². The monoisotopic (exact) mass is 363 g/mol. The number of methoxy groups -OCH3 is 1. The predicted octanol–water partition coefficient (Wildman–Crippen LogP) is 3.65. The van der Waals surface area contributed by atoms with E-state index >= 15 is 0 Å². The summed E-state index contributed by atoms with van der Waals surface area (Å²) in [5.41, 5.74) is 0.722. The Morgan fingerprint density at radius 1 is 1.29 bits per heavy atom. The maximum atomic E-state index is 12.2. The smallest absolute Gasteiger partial charge is 0.354 e. The molecule has 0 aliphatic carbocycles. The average Bonchev–Trinajstić information content (AvgIpc) is 3.03. The first kappa shape index (κ1) is 17.6. The van der Waals surface area contributed by atoms with Crippen molar-refractivity contribution in [2.45, 2.75) is 0 Å². The quantitative estimate of drug-likeness (QED) is 0.492. The molecule has 2 rings (SSSR count). The molecule has 0 spiro atoms. The van der Waals surface area contributed by atoms with Crippen molar-refractivity contribution in [3.63, 3.8) is 0 Å². The largest absolute Gasteiger partial charge is 0.464 e. The van der Waals surface area contributed by atoms with Crippen molar-refractivity contribution in [2.75, 3.05) is 12.4 Å². The fourth-order valence-electron chi connectivity index (χ4n) is 1.81. The lowest BCUT2D eigenvalue weighted by Gasteiger charge is -2.06. The number of carbonyl (C=O) groups excluding carboxylic acids is 2. The van der Waals surface area contributed by atoms with Crippen LogP contribution in [-0.2, 0) is 9.53 Å². The minimum absolute atomic E-state index is 0.177. The number of aromatic amines is 1. The van der Waals surface area contributed by atoms with Crippen LogP contribution in [0.5, 0.6) is 0 Å². The van der Waals surface area contributed by atoms with Crippen molar-refractivity contribution in [3.8, 4) is 6.07 Å². The number of rotatable bonds is 4. The van der Waals surface area contributed by atoms with Gasteiger partial charge in [-0.25, -0.2) is 4.79 Å². The zero-order valence-corrected chi connectivity index (χ0v) is 13.9. The molecule has 2 aromatic rings. The lowest BCUT2D eigenvalue weighted by Crippen LogP contribution is -2.13. The molecule has 0 radical (unpaired) electrons. The molecule has 0 bridgehead atoms. The Hall–Kier alpha value is -2.75. The summed E-state index contributed by atoms with van der Waals surface area (Å²) < 4.78 is 4.57. The van der Waals surface area contributed by atoms with Gasteiger partial charge in [0.25, 0.3) is 5.91 Å². The number of carbonyl (C=O) groups is 2. The number of nitrogens with zero attached hydrogens (tertiary/aromatic N) is 1. The number of anilines is 1. The molecule has 122 valence electrons. The van der Waals surface area contributed by atoms with Gasteiger partial charge in [0.15, 0.2) is 0 Å². The first-order chi connectivity index (χ1) is 11.4. The molecule has 0 saturated carbocycles. The van der Waals surface area contributed by atoms with E-state index in [2.05, 4.69) is 15.0 Å². The van der Waals surface area contributed by atoms with Crippen molar-refractivity contribution in [3.05, 3.63) is 57.3 Å². The lowest BCUT2D eigenvalue weighted by atomic mass is 10.2. The van der Waals surface area contributed by atoms with Crippen LogP contribution in [0.25, 0.3) is 6.08 Å². The van der Waals surface area contributed by atoms with Crippen molar-refractivity contribution >= 4 is 46.8 Å². The number of nitriles is 1. The van der Waals surface area contributed by atoms with E-state index in [1.807, 2.05) is 0 Å². The summed E-state index contributed by atoms with van der Waals surface area (Å²) in [7, 11) is 1.25. The van der Waals surface area contributed by atoms with Gasteiger partial charge in [0.1, 0.15) is 17.3 Å². The van der Waals surface area contributed by atoms with Crippen LogP contribution in [0.4, 0.5) is 5.69 Å². The standard InChI is InChI=1S/C16H11Cl2N3O3/c1-24-16(23)13-5-3-11(20-13)6-9(8-19)15(22)21-14-7-10(17)2-4-12(14)18/h2-7,20H,1H3,(H,21,22). The Morgan fingerprint density at radius 3 is 2.71 bits per heavy atom. The highest BCUT2D eigenvalue weighted by Gasteiger charge is 2.13. The van der Waals surface area contributed by atoms with Gasteiger partial charge < -0.3 is 15.0 Å². The van der Waals surface area contributed by atoms with E-state index < -0.39 is 11.9 Å². The van der Waals surface area contributed by atoms with E-state index in [9.17, 15) is 14.9 Å². The zero-order chi connectivity index (χ0) is 17.7. The molecule has 6 nitrogen and oxygen atoms in total. The van der Waals surface area contributed by atoms with Crippen molar-refractivity contribution in [1.82, 2.24) is 4.98 Å². The molecule has 0 atom stereocenters. The average molecular weight is 364 g/mol. The van der Waals surface area contributed by atoms with Gasteiger partial charge >= 0.3 is 5.97 Å². The Kier molecular flexibility index (Phi) is 5.64. The molecule has 1 aromatic heterocycles. The molecule has 0 fully saturated rings. The predicted molar refractivity (Wildman–Crippen MR) is 90.8 cm³/mol. The minimum atomic E-state index is -0.657. The van der Waals surface area contributed by atoms with Gasteiger partial charge in [-0.15, -0.1) is 0 Å². The Balaban J connectivity index is 2.22. The second kappa shape index (κ2) is 7.68. The molecule has 0 aliphatic heterocycles. The summed E-state index contributed by atoms with van der Waals surface area (Å²) in [6.07, 6.45) is 1.31. The van der Waals surface area contributed by atoms with Gasteiger partial charge in [-0.2, -0.15) is 5.26 Å². The van der Waals surface area contributed by atoms with Crippen molar-refractivity contribution < 1.29 is 14.3 Å². The summed E-state index contributed by atoms with van der Waals surface area (Å²) in [6, 6.07) is 9.40. The maximum absolute atomic E-state index is 12.2. The van der Waals surface area contributed by atoms with E-state index in [0.29, 0.717) is 10.7 Å². The van der Waals surface area contributed by atoms with Crippen LogP contribution in [0.1, 0.15) is 16.2 Å². The third kappa shape index (κ3) is 4.16. The minimum Gasteiger partial charge on any atom is -0.464 e. The second-order valence-corrected chi connectivity index (χ2v) is 5.41. The first-order valence-corrected chi connectivity index (χ1v) is 7.35. The Morgan fingerprint density at radius 2 is 2.04 bits per heavy atom. The van der Waals surface area contributed by atoms with Crippen molar-refractivity contribution in [1.29, 1.82) is 5.26 Å². The van der Waals surface area contributed by atoms with E-state index in [1.165, 1.54) is 31.4 Å². The number of hydrogen-bond acceptors (Lipinski definition) is 4. The molecule has 0 saturated heterocycles. The molecule has 24 heavy (non-hydrogen) atoms. The van der Waals surface area contributed by atoms with Crippen LogP contribution in [-0.4, -0.2) is 24.0 Å². The third-order valence-corrected chi connectivity index (χ3v) is 3.52. The van der Waals surface area contributed by atoms with E-state index in [-0.39, 0.29) is 22.0 Å².